The molecule has 1 rings (SSSR count). The molecule has 0 unspecified atom stereocenters. The van der Waals surface area contributed by atoms with Gasteiger partial charge in [0.25, 0.3) is 0 Å². The van der Waals surface area contributed by atoms with Crippen LogP contribution in [-0.2, 0) is 9.53 Å². The van der Waals surface area contributed by atoms with Crippen LogP contribution in [0.2, 0.25) is 0 Å². The van der Waals surface area contributed by atoms with E-state index in [1.54, 1.807) is 6.92 Å². The number of halogens is 1. The van der Waals surface area contributed by atoms with Gasteiger partial charge in [-0.3, -0.25) is 4.79 Å². The number of carboxylic acid groups (broad SMARTS) is 1. The lowest BCUT2D eigenvalue weighted by atomic mass is 9.98. The zero-order valence-electron chi connectivity index (χ0n) is 11.5. The molecule has 1 aromatic carbocycles. The number of esters is 1. The van der Waals surface area contributed by atoms with Crippen LogP contribution in [0.25, 0.3) is 6.08 Å². The zero-order chi connectivity index (χ0) is 15.8. The molecule has 6 heteroatoms. The van der Waals surface area contributed by atoms with Gasteiger partial charge in [-0.15, -0.1) is 11.6 Å². The highest BCUT2D eigenvalue weighted by Gasteiger charge is 2.14. The fraction of sp³-hybridized carbons (Fsp3) is 0.267. The summed E-state index contributed by atoms with van der Waals surface area (Å²) in [5.74, 6) is -1.78. The van der Waals surface area contributed by atoms with Crippen molar-refractivity contribution >= 4 is 35.4 Å². The summed E-state index contributed by atoms with van der Waals surface area (Å²) in [7, 11) is 0. The molecule has 0 saturated heterocycles. The lowest BCUT2D eigenvalue weighted by Gasteiger charge is -2.08. The van der Waals surface area contributed by atoms with Crippen LogP contribution in [0, 0.1) is 0 Å². The maximum atomic E-state index is 12.0. The average Bonchev–Trinajstić information content (AvgIpc) is 2.45. The molecule has 1 aromatic rings. The van der Waals surface area contributed by atoms with Crippen LogP contribution in [-0.4, -0.2) is 35.3 Å². The summed E-state index contributed by atoms with van der Waals surface area (Å²) >= 11 is 5.55. The van der Waals surface area contributed by atoms with E-state index in [0.29, 0.717) is 5.56 Å². The number of aliphatic carboxylic acids is 1. The van der Waals surface area contributed by atoms with Crippen LogP contribution < -0.4 is 0 Å². The fourth-order valence-corrected chi connectivity index (χ4v) is 1.84. The number of hydrogen-bond acceptors (Lipinski definition) is 4. The molecule has 21 heavy (non-hydrogen) atoms. The van der Waals surface area contributed by atoms with E-state index in [4.69, 9.17) is 21.4 Å². The van der Waals surface area contributed by atoms with E-state index < -0.39 is 11.9 Å². The van der Waals surface area contributed by atoms with Crippen molar-refractivity contribution in [1.82, 2.24) is 0 Å². The summed E-state index contributed by atoms with van der Waals surface area (Å²) in [6.45, 7) is 1.91. The summed E-state index contributed by atoms with van der Waals surface area (Å²) in [6.07, 6.45) is 2.33. The van der Waals surface area contributed by atoms with Crippen molar-refractivity contribution < 1.29 is 24.2 Å². The van der Waals surface area contributed by atoms with Crippen LogP contribution in [0.1, 0.15) is 39.6 Å². The number of benzene rings is 1. The summed E-state index contributed by atoms with van der Waals surface area (Å²) in [5.41, 5.74) is 0.904. The molecule has 0 amide bonds. The van der Waals surface area contributed by atoms with E-state index in [9.17, 15) is 14.4 Å². The Labute approximate surface area is 127 Å². The fourth-order valence-electron chi connectivity index (χ4n) is 1.67. The molecule has 0 aromatic heterocycles. The lowest BCUT2D eigenvalue weighted by Crippen LogP contribution is -2.09. The summed E-state index contributed by atoms with van der Waals surface area (Å²) in [6, 6.07) is 4.39. The molecule has 5 nitrogen and oxygen atoms in total. The Balaban J connectivity index is 3.22. The van der Waals surface area contributed by atoms with Crippen molar-refractivity contribution in [2.75, 3.05) is 12.5 Å². The zero-order valence-corrected chi connectivity index (χ0v) is 12.2. The number of carboxylic acids is 1. The minimum atomic E-state index is -1.12. The first-order valence-electron chi connectivity index (χ1n) is 6.31. The smallest absolute Gasteiger partial charge is 0.338 e. The normalized spacial score (nSPS) is 10.6. The Bertz CT molecular complexity index is 577. The largest absolute Gasteiger partial charge is 0.478 e. The molecule has 112 valence electrons. The van der Waals surface area contributed by atoms with Gasteiger partial charge in [0.2, 0.25) is 0 Å². The highest BCUT2D eigenvalue weighted by atomic mass is 35.5. The third-order valence-corrected chi connectivity index (χ3v) is 2.78. The predicted molar refractivity (Wildman–Crippen MR) is 78.7 cm³/mol. The summed E-state index contributed by atoms with van der Waals surface area (Å²) in [4.78, 5) is 34.3. The molecular weight excluding hydrogens is 296 g/mol. The van der Waals surface area contributed by atoms with Crippen LogP contribution >= 0.6 is 11.6 Å². The molecule has 0 aliphatic heterocycles. The van der Waals surface area contributed by atoms with Gasteiger partial charge in [-0.1, -0.05) is 6.07 Å². The van der Waals surface area contributed by atoms with E-state index in [1.807, 2.05) is 0 Å². The Morgan fingerprint density at radius 2 is 2.05 bits per heavy atom. The molecule has 0 saturated carbocycles. The van der Waals surface area contributed by atoms with Gasteiger partial charge in [0.1, 0.15) is 0 Å². The first kappa shape index (κ1) is 16.9. The summed E-state index contributed by atoms with van der Waals surface area (Å²) in [5, 5.41) is 8.65. The van der Waals surface area contributed by atoms with Crippen molar-refractivity contribution in [2.45, 2.75) is 13.3 Å². The minimum absolute atomic E-state index is 0.0990. The topological polar surface area (TPSA) is 80.7 Å². The molecule has 1 N–H and O–H groups in total. The summed E-state index contributed by atoms with van der Waals surface area (Å²) < 4.78 is 4.87. The molecule has 0 radical (unpaired) electrons. The molecule has 0 fully saturated rings. The van der Waals surface area contributed by atoms with Crippen LogP contribution in [0.15, 0.2) is 24.3 Å². The van der Waals surface area contributed by atoms with Crippen molar-refractivity contribution in [2.24, 2.45) is 0 Å². The SMILES string of the molecule is CCOC(=O)c1ccc(/C=C/C(=O)O)c(C(=O)CCCl)c1. The van der Waals surface area contributed by atoms with Gasteiger partial charge in [0.05, 0.1) is 12.2 Å². The van der Waals surface area contributed by atoms with Gasteiger partial charge < -0.3 is 9.84 Å². The van der Waals surface area contributed by atoms with Crippen molar-refractivity contribution in [3.63, 3.8) is 0 Å². The molecule has 0 atom stereocenters. The second-order valence-corrected chi connectivity index (χ2v) is 4.43. The number of Topliss-reactive ketones (excluding diaryl/α,β-unsaturated/α-hetero) is 1. The van der Waals surface area contributed by atoms with Gasteiger partial charge in [0.15, 0.2) is 5.78 Å². The van der Waals surface area contributed by atoms with Gasteiger partial charge in [0, 0.05) is 23.9 Å². The van der Waals surface area contributed by atoms with Gasteiger partial charge in [-0.05, 0) is 30.7 Å². The van der Waals surface area contributed by atoms with Crippen molar-refractivity contribution in [1.29, 1.82) is 0 Å². The Morgan fingerprint density at radius 3 is 2.62 bits per heavy atom. The molecule has 0 aliphatic rings. The molecule has 0 heterocycles. The van der Waals surface area contributed by atoms with Gasteiger partial charge >= 0.3 is 11.9 Å². The maximum absolute atomic E-state index is 12.0. The number of ketones is 1. The minimum Gasteiger partial charge on any atom is -0.478 e. The average molecular weight is 311 g/mol. The lowest BCUT2D eigenvalue weighted by molar-refractivity contribution is -0.131. The molecule has 0 aliphatic carbocycles. The van der Waals surface area contributed by atoms with Gasteiger partial charge in [-0.2, -0.15) is 0 Å². The maximum Gasteiger partial charge on any atom is 0.338 e. The van der Waals surface area contributed by atoms with E-state index in [0.717, 1.165) is 6.08 Å². The third kappa shape index (κ3) is 5.04. The number of rotatable bonds is 7. The molecular formula is C15H15ClO5. The number of carbonyl (C=O) groups is 3. The number of carbonyl (C=O) groups excluding carboxylic acids is 2. The Morgan fingerprint density at radius 1 is 1.33 bits per heavy atom. The van der Waals surface area contributed by atoms with E-state index in [-0.39, 0.29) is 35.8 Å². The second kappa shape index (κ2) is 8.21. The first-order chi connectivity index (χ1) is 9.99. The Kier molecular flexibility index (Phi) is 6.62. The van der Waals surface area contributed by atoms with Crippen molar-refractivity contribution in [3.8, 4) is 0 Å². The second-order valence-electron chi connectivity index (χ2n) is 4.06. The predicted octanol–water partition coefficient (Wildman–Crippen LogP) is 2.77. The quantitative estimate of drug-likeness (QED) is 0.362. The molecule has 0 bridgehead atoms. The van der Waals surface area contributed by atoms with E-state index in [2.05, 4.69) is 0 Å². The number of ether oxygens (including phenoxy) is 1. The monoisotopic (exact) mass is 310 g/mol. The third-order valence-electron chi connectivity index (χ3n) is 2.59. The highest BCUT2D eigenvalue weighted by Crippen LogP contribution is 2.17. The highest BCUT2D eigenvalue weighted by molar-refractivity contribution is 6.19. The van der Waals surface area contributed by atoms with Crippen LogP contribution in [0.3, 0.4) is 0 Å². The Hall–Kier alpha value is -2.14. The standard InChI is InChI=1S/C15H15ClO5/c1-2-21-15(20)11-4-3-10(5-6-14(18)19)12(9-11)13(17)7-8-16/h3-6,9H,2,7-8H2,1H3,(H,18,19)/b6-5+. The molecule has 0 spiro atoms. The number of hydrogen-bond donors (Lipinski definition) is 1. The van der Waals surface area contributed by atoms with E-state index >= 15 is 0 Å². The van der Waals surface area contributed by atoms with E-state index in [1.165, 1.54) is 24.3 Å². The van der Waals surface area contributed by atoms with Crippen molar-refractivity contribution in [3.05, 3.63) is 41.0 Å². The van der Waals surface area contributed by atoms with Gasteiger partial charge in [-0.25, -0.2) is 9.59 Å². The van der Waals surface area contributed by atoms with Crippen LogP contribution in [0.4, 0.5) is 0 Å². The first-order valence-corrected chi connectivity index (χ1v) is 6.84. The van der Waals surface area contributed by atoms with Crippen LogP contribution in [0.5, 0.6) is 0 Å². The number of alkyl halides is 1.